The van der Waals surface area contributed by atoms with E-state index in [9.17, 15) is 22.9 Å². The third-order valence-electron chi connectivity index (χ3n) is 7.58. The van der Waals surface area contributed by atoms with Crippen LogP contribution in [0.15, 0.2) is 41.3 Å². The number of aryl methyl sites for hydroxylation is 2. The molecule has 3 aromatic rings. The maximum Gasteiger partial charge on any atom is 0.258 e. The van der Waals surface area contributed by atoms with Crippen LogP contribution < -0.4 is 10.9 Å². The first-order valence-electron chi connectivity index (χ1n) is 13.3. The SMILES string of the molecule is CN1CCC(N2CCCS2(=O)=O)CC1.Cc1cc([C@@H](C)Nc2ccc(Cl)cc2C#N)c2c(F)cn(C)c(=O)c2c1. The van der Waals surface area contributed by atoms with Gasteiger partial charge >= 0.3 is 0 Å². The molecule has 2 aliphatic rings. The van der Waals surface area contributed by atoms with Crippen molar-refractivity contribution in [3.63, 3.8) is 0 Å². The van der Waals surface area contributed by atoms with E-state index in [2.05, 4.69) is 23.3 Å². The largest absolute Gasteiger partial charge is 0.377 e. The van der Waals surface area contributed by atoms with Crippen molar-refractivity contribution in [2.45, 2.75) is 45.2 Å². The van der Waals surface area contributed by atoms with Crippen LogP contribution in [-0.4, -0.2) is 60.7 Å². The Hall–Kier alpha value is -2.97. The molecule has 0 aliphatic carbocycles. The molecule has 11 heteroatoms. The molecule has 0 unspecified atom stereocenters. The number of aromatic nitrogens is 1. The molecule has 1 aromatic heterocycles. The van der Waals surface area contributed by atoms with Gasteiger partial charge in [-0.15, -0.1) is 0 Å². The maximum absolute atomic E-state index is 14.7. The molecule has 0 saturated carbocycles. The molecule has 8 nitrogen and oxygen atoms in total. The number of fused-ring (bicyclic) bond motifs is 1. The maximum atomic E-state index is 14.7. The number of halogens is 2. The number of nitrogens with zero attached hydrogens (tertiary/aromatic N) is 4. The van der Waals surface area contributed by atoms with Gasteiger partial charge in [0, 0.05) is 42.3 Å². The molecule has 3 heterocycles. The first kappa shape index (κ1) is 30.0. The van der Waals surface area contributed by atoms with Gasteiger partial charge in [-0.2, -0.15) is 9.57 Å². The van der Waals surface area contributed by atoms with Crippen molar-refractivity contribution in [2.24, 2.45) is 7.05 Å². The third kappa shape index (κ3) is 6.50. The Morgan fingerprint density at radius 2 is 1.85 bits per heavy atom. The second-order valence-corrected chi connectivity index (χ2v) is 13.1. The van der Waals surface area contributed by atoms with Crippen molar-refractivity contribution in [1.29, 1.82) is 5.26 Å². The Kier molecular flexibility index (Phi) is 9.20. The normalized spacial score (nSPS) is 18.6. The minimum Gasteiger partial charge on any atom is -0.377 e. The van der Waals surface area contributed by atoms with Gasteiger partial charge in [0.2, 0.25) is 10.0 Å². The molecular formula is C29H35ClFN5O3S. The monoisotopic (exact) mass is 587 g/mol. The summed E-state index contributed by atoms with van der Waals surface area (Å²) in [6.07, 6.45) is 4.00. The highest BCUT2D eigenvalue weighted by molar-refractivity contribution is 7.89. The fourth-order valence-corrected chi connectivity index (χ4v) is 7.44. The molecule has 0 spiro atoms. The van der Waals surface area contributed by atoms with E-state index in [0.717, 1.165) is 44.5 Å². The Balaban J connectivity index is 0.000000222. The molecule has 5 rings (SSSR count). The lowest BCUT2D eigenvalue weighted by atomic mass is 9.97. The second kappa shape index (κ2) is 12.3. The molecule has 0 radical (unpaired) electrons. The van der Waals surface area contributed by atoms with Crippen LogP contribution in [0.25, 0.3) is 10.8 Å². The van der Waals surface area contributed by atoms with Crippen LogP contribution in [0.5, 0.6) is 0 Å². The number of hydrogen-bond acceptors (Lipinski definition) is 6. The van der Waals surface area contributed by atoms with E-state index in [0.29, 0.717) is 38.4 Å². The van der Waals surface area contributed by atoms with Gasteiger partial charge in [-0.25, -0.2) is 12.8 Å². The number of hydrogen-bond donors (Lipinski definition) is 1. The molecule has 2 saturated heterocycles. The molecule has 0 amide bonds. The number of anilines is 1. The number of piperidine rings is 1. The van der Waals surface area contributed by atoms with Gasteiger partial charge in [-0.3, -0.25) is 4.79 Å². The zero-order chi connectivity index (χ0) is 29.2. The van der Waals surface area contributed by atoms with Gasteiger partial charge in [0.25, 0.3) is 5.56 Å². The predicted octanol–water partition coefficient (Wildman–Crippen LogP) is 4.80. The number of benzene rings is 2. The number of rotatable bonds is 4. The van der Waals surface area contributed by atoms with E-state index in [4.69, 9.17) is 11.6 Å². The van der Waals surface area contributed by atoms with Crippen molar-refractivity contribution in [1.82, 2.24) is 13.8 Å². The van der Waals surface area contributed by atoms with Crippen molar-refractivity contribution < 1.29 is 12.8 Å². The van der Waals surface area contributed by atoms with Crippen LogP contribution in [0.3, 0.4) is 0 Å². The summed E-state index contributed by atoms with van der Waals surface area (Å²) in [7, 11) is 0.732. The molecule has 2 fully saturated rings. The van der Waals surface area contributed by atoms with Crippen molar-refractivity contribution in [3.8, 4) is 6.07 Å². The first-order valence-corrected chi connectivity index (χ1v) is 15.3. The highest BCUT2D eigenvalue weighted by atomic mass is 35.5. The fraction of sp³-hybridized carbons (Fsp3) is 0.448. The molecule has 1 atom stereocenters. The van der Waals surface area contributed by atoms with Crippen LogP contribution in [0.2, 0.25) is 5.02 Å². The Bertz CT molecular complexity index is 1610. The van der Waals surface area contributed by atoms with Crippen molar-refractivity contribution in [2.75, 3.05) is 37.8 Å². The number of nitrogens with one attached hydrogen (secondary N) is 1. The first-order chi connectivity index (χ1) is 18.9. The van der Waals surface area contributed by atoms with Gasteiger partial charge in [0.1, 0.15) is 11.9 Å². The Labute approximate surface area is 240 Å². The summed E-state index contributed by atoms with van der Waals surface area (Å²) in [5.41, 5.74) is 2.28. The number of pyridine rings is 1. The molecular weight excluding hydrogens is 553 g/mol. The van der Waals surface area contributed by atoms with Gasteiger partial charge in [-0.1, -0.05) is 17.7 Å². The summed E-state index contributed by atoms with van der Waals surface area (Å²) in [5, 5.41) is 13.6. The third-order valence-corrected chi connectivity index (χ3v) is 9.82. The van der Waals surface area contributed by atoms with Crippen LogP contribution in [0, 0.1) is 24.1 Å². The fourth-order valence-electron chi connectivity index (χ4n) is 5.47. The zero-order valence-corrected chi connectivity index (χ0v) is 24.8. The van der Waals surface area contributed by atoms with Crippen LogP contribution in [0.1, 0.15) is 48.9 Å². The average Bonchev–Trinajstić information content (AvgIpc) is 3.27. The summed E-state index contributed by atoms with van der Waals surface area (Å²) < 4.78 is 40.9. The zero-order valence-electron chi connectivity index (χ0n) is 23.2. The molecule has 2 aromatic carbocycles. The van der Waals surface area contributed by atoms with E-state index in [-0.39, 0.29) is 17.6 Å². The summed E-state index contributed by atoms with van der Waals surface area (Å²) in [5.74, 6) is -0.0957. The molecule has 1 N–H and O–H groups in total. The van der Waals surface area contributed by atoms with Gasteiger partial charge in [-0.05, 0) is 88.6 Å². The van der Waals surface area contributed by atoms with Crippen molar-refractivity contribution in [3.05, 3.63) is 74.4 Å². The molecule has 214 valence electrons. The lowest BCUT2D eigenvalue weighted by Gasteiger charge is -2.33. The van der Waals surface area contributed by atoms with Gasteiger partial charge < -0.3 is 14.8 Å². The van der Waals surface area contributed by atoms with E-state index < -0.39 is 15.8 Å². The van der Waals surface area contributed by atoms with E-state index in [1.54, 1.807) is 28.6 Å². The van der Waals surface area contributed by atoms with E-state index >= 15 is 0 Å². The molecule has 2 aliphatic heterocycles. The minimum atomic E-state index is -2.89. The van der Waals surface area contributed by atoms with E-state index in [1.165, 1.54) is 17.8 Å². The smallest absolute Gasteiger partial charge is 0.258 e. The summed E-state index contributed by atoms with van der Waals surface area (Å²) in [4.78, 5) is 14.7. The minimum absolute atomic E-state index is 0.247. The lowest BCUT2D eigenvalue weighted by Crippen LogP contribution is -2.44. The number of nitriles is 1. The highest BCUT2D eigenvalue weighted by Crippen LogP contribution is 2.30. The summed E-state index contributed by atoms with van der Waals surface area (Å²) in [6.45, 7) is 6.52. The van der Waals surface area contributed by atoms with Crippen LogP contribution >= 0.6 is 11.6 Å². The molecule has 40 heavy (non-hydrogen) atoms. The molecule has 0 bridgehead atoms. The number of sulfonamides is 1. The topological polar surface area (TPSA) is 98.4 Å². The van der Waals surface area contributed by atoms with Crippen LogP contribution in [0.4, 0.5) is 10.1 Å². The lowest BCUT2D eigenvalue weighted by molar-refractivity contribution is 0.189. The average molecular weight is 588 g/mol. The van der Waals surface area contributed by atoms with Crippen molar-refractivity contribution >= 4 is 38.1 Å². The van der Waals surface area contributed by atoms with Gasteiger partial charge in [0.15, 0.2) is 0 Å². The highest BCUT2D eigenvalue weighted by Gasteiger charge is 2.35. The standard InChI is InChI=1S/C20H17ClFN3O.C9H18N2O2S/c1-11-6-15(19-16(7-11)20(26)25(3)10-17(19)22)12(2)24-18-5-4-14(21)8-13(18)9-23;1-10-6-3-9(4-7-10)11-5-2-8-14(11,12)13/h4-8,10,12,24H,1-3H3;9H,2-8H2,1H3/t12-;/m1./s1. The number of likely N-dealkylation sites (tertiary alicyclic amines) is 1. The second-order valence-electron chi connectivity index (χ2n) is 10.7. The Morgan fingerprint density at radius 3 is 2.48 bits per heavy atom. The summed E-state index contributed by atoms with van der Waals surface area (Å²) in [6, 6.07) is 10.6. The van der Waals surface area contributed by atoms with Crippen LogP contribution in [-0.2, 0) is 17.1 Å². The quantitative estimate of drug-likeness (QED) is 0.471. The van der Waals surface area contributed by atoms with Gasteiger partial charge in [0.05, 0.1) is 22.4 Å². The summed E-state index contributed by atoms with van der Waals surface area (Å²) >= 11 is 5.94. The van der Waals surface area contributed by atoms with E-state index in [1.807, 2.05) is 19.9 Å². The Morgan fingerprint density at radius 1 is 1.15 bits per heavy atom. The predicted molar refractivity (Wildman–Crippen MR) is 158 cm³/mol.